The molecule has 0 aliphatic heterocycles. The molecule has 0 spiro atoms. The van der Waals surface area contributed by atoms with Crippen LogP contribution in [0.25, 0.3) is 10.9 Å². The topological polar surface area (TPSA) is 48.0 Å². The number of phenols is 1. The molecule has 3 rings (SSSR count). The number of nitrogens with one attached hydrogen (secondary N) is 2. The van der Waals surface area contributed by atoms with E-state index >= 15 is 0 Å². The van der Waals surface area contributed by atoms with Crippen LogP contribution in [-0.2, 0) is 6.54 Å². The number of rotatable bonds is 3. The number of phenolic OH excluding ortho intramolecular Hbond substituents is 1. The summed E-state index contributed by atoms with van der Waals surface area (Å²) < 4.78 is 0. The summed E-state index contributed by atoms with van der Waals surface area (Å²) in [6.07, 6.45) is 7.25. The Morgan fingerprint density at radius 3 is 2.94 bits per heavy atom. The Morgan fingerprint density at radius 2 is 2.12 bits per heavy atom. The zero-order valence-corrected chi connectivity index (χ0v) is 9.87. The maximum Gasteiger partial charge on any atom is 0.125 e. The second kappa shape index (κ2) is 4.41. The molecule has 1 aromatic heterocycles. The van der Waals surface area contributed by atoms with Crippen LogP contribution in [0.1, 0.15) is 31.2 Å². The molecule has 0 unspecified atom stereocenters. The molecule has 90 valence electrons. The van der Waals surface area contributed by atoms with Crippen molar-refractivity contribution in [3.05, 3.63) is 30.0 Å². The normalized spacial score (nSPS) is 16.9. The molecule has 3 heteroatoms. The first-order valence-corrected chi connectivity index (χ1v) is 6.36. The van der Waals surface area contributed by atoms with E-state index in [0.29, 0.717) is 11.8 Å². The van der Waals surface area contributed by atoms with E-state index in [-0.39, 0.29) is 0 Å². The molecule has 1 heterocycles. The van der Waals surface area contributed by atoms with Gasteiger partial charge in [0.15, 0.2) is 0 Å². The predicted octanol–water partition coefficient (Wildman–Crippen LogP) is 2.91. The molecule has 0 saturated heterocycles. The van der Waals surface area contributed by atoms with Crippen molar-refractivity contribution in [2.45, 2.75) is 38.3 Å². The molecule has 1 aliphatic carbocycles. The smallest absolute Gasteiger partial charge is 0.125 e. The first-order valence-electron chi connectivity index (χ1n) is 6.36. The van der Waals surface area contributed by atoms with Gasteiger partial charge in [-0.2, -0.15) is 0 Å². The minimum atomic E-state index is 0.368. The Morgan fingerprint density at radius 1 is 1.29 bits per heavy atom. The quantitative estimate of drug-likeness (QED) is 0.759. The highest BCUT2D eigenvalue weighted by Crippen LogP contribution is 2.28. The lowest BCUT2D eigenvalue weighted by molar-refractivity contribution is 0.480. The molecule has 1 aromatic carbocycles. The van der Waals surface area contributed by atoms with Crippen molar-refractivity contribution in [3.63, 3.8) is 0 Å². The average molecular weight is 230 g/mol. The maximum absolute atomic E-state index is 9.89. The molecular weight excluding hydrogens is 212 g/mol. The fraction of sp³-hybridized carbons (Fsp3) is 0.429. The molecule has 3 nitrogen and oxygen atoms in total. The molecule has 0 amide bonds. The molecule has 1 saturated carbocycles. The van der Waals surface area contributed by atoms with Gasteiger partial charge in [0.2, 0.25) is 0 Å². The lowest BCUT2D eigenvalue weighted by Gasteiger charge is -2.11. The van der Waals surface area contributed by atoms with E-state index in [1.165, 1.54) is 25.7 Å². The summed E-state index contributed by atoms with van der Waals surface area (Å²) in [5.41, 5.74) is 2.17. The van der Waals surface area contributed by atoms with Crippen molar-refractivity contribution in [3.8, 4) is 5.75 Å². The third-order valence-electron chi connectivity index (χ3n) is 3.70. The van der Waals surface area contributed by atoms with Crippen molar-refractivity contribution in [2.75, 3.05) is 0 Å². The Bertz CT molecular complexity index is 512. The van der Waals surface area contributed by atoms with Crippen molar-refractivity contribution >= 4 is 10.9 Å². The zero-order chi connectivity index (χ0) is 11.7. The summed E-state index contributed by atoms with van der Waals surface area (Å²) in [5, 5.41) is 14.4. The second-order valence-electron chi connectivity index (χ2n) is 4.88. The van der Waals surface area contributed by atoms with Crippen molar-refractivity contribution < 1.29 is 5.11 Å². The molecular formula is C14H18N2O. The van der Waals surface area contributed by atoms with Gasteiger partial charge >= 0.3 is 0 Å². The largest absolute Gasteiger partial charge is 0.507 e. The van der Waals surface area contributed by atoms with Crippen LogP contribution in [0.2, 0.25) is 0 Å². The van der Waals surface area contributed by atoms with Crippen molar-refractivity contribution in [1.82, 2.24) is 10.3 Å². The molecule has 0 atom stereocenters. The van der Waals surface area contributed by atoms with E-state index in [1.807, 2.05) is 18.3 Å². The number of hydrogen-bond donors (Lipinski definition) is 3. The Balaban J connectivity index is 1.80. The third kappa shape index (κ3) is 2.03. The van der Waals surface area contributed by atoms with Gasteiger partial charge < -0.3 is 15.4 Å². The third-order valence-corrected chi connectivity index (χ3v) is 3.70. The average Bonchev–Trinajstić information content (AvgIpc) is 2.95. The molecule has 2 aromatic rings. The van der Waals surface area contributed by atoms with E-state index in [2.05, 4.69) is 10.3 Å². The fourth-order valence-electron chi connectivity index (χ4n) is 2.76. The van der Waals surface area contributed by atoms with E-state index in [1.54, 1.807) is 6.07 Å². The maximum atomic E-state index is 9.89. The highest BCUT2D eigenvalue weighted by Gasteiger charge is 2.15. The fourth-order valence-corrected chi connectivity index (χ4v) is 2.76. The number of benzene rings is 1. The summed E-state index contributed by atoms with van der Waals surface area (Å²) in [5.74, 6) is 0.368. The van der Waals surface area contributed by atoms with Gasteiger partial charge in [0.1, 0.15) is 5.75 Å². The van der Waals surface area contributed by atoms with Crippen LogP contribution in [-0.4, -0.2) is 16.1 Å². The molecule has 0 radical (unpaired) electrons. The summed E-state index contributed by atoms with van der Waals surface area (Å²) >= 11 is 0. The van der Waals surface area contributed by atoms with Gasteiger partial charge in [-0.05, 0) is 30.5 Å². The Hall–Kier alpha value is -1.48. The minimum Gasteiger partial charge on any atom is -0.507 e. The standard InChI is InChI=1S/C14H18N2O/c17-13-7-3-6-12-14(13)10(9-16-12)8-15-11-4-1-2-5-11/h3,6-7,9,11,15-17H,1-2,4-5,8H2. The molecule has 0 bridgehead atoms. The summed E-state index contributed by atoms with van der Waals surface area (Å²) in [7, 11) is 0. The number of aromatic amines is 1. The van der Waals surface area contributed by atoms with Crippen LogP contribution >= 0.6 is 0 Å². The summed E-state index contributed by atoms with van der Waals surface area (Å²) in [4.78, 5) is 3.20. The van der Waals surface area contributed by atoms with Crippen LogP contribution in [0.15, 0.2) is 24.4 Å². The van der Waals surface area contributed by atoms with E-state index in [0.717, 1.165) is 23.0 Å². The Labute approximate surface area is 101 Å². The highest BCUT2D eigenvalue weighted by atomic mass is 16.3. The summed E-state index contributed by atoms with van der Waals surface area (Å²) in [6.45, 7) is 0.836. The van der Waals surface area contributed by atoms with E-state index in [9.17, 15) is 5.11 Å². The number of aromatic hydroxyl groups is 1. The van der Waals surface area contributed by atoms with Crippen LogP contribution in [0.3, 0.4) is 0 Å². The van der Waals surface area contributed by atoms with Crippen LogP contribution in [0.5, 0.6) is 5.75 Å². The van der Waals surface area contributed by atoms with Crippen LogP contribution in [0, 0.1) is 0 Å². The monoisotopic (exact) mass is 230 g/mol. The lowest BCUT2D eigenvalue weighted by Crippen LogP contribution is -2.25. The highest BCUT2D eigenvalue weighted by molar-refractivity contribution is 5.88. The van der Waals surface area contributed by atoms with Gasteiger partial charge in [-0.25, -0.2) is 0 Å². The number of fused-ring (bicyclic) bond motifs is 1. The first-order chi connectivity index (χ1) is 8.34. The van der Waals surface area contributed by atoms with Gasteiger partial charge in [0, 0.05) is 29.7 Å². The van der Waals surface area contributed by atoms with E-state index in [4.69, 9.17) is 0 Å². The van der Waals surface area contributed by atoms with Crippen molar-refractivity contribution in [1.29, 1.82) is 0 Å². The minimum absolute atomic E-state index is 0.368. The molecule has 1 fully saturated rings. The van der Waals surface area contributed by atoms with Gasteiger partial charge in [-0.15, -0.1) is 0 Å². The first kappa shape index (κ1) is 10.7. The number of H-pyrrole nitrogens is 1. The number of hydrogen-bond acceptors (Lipinski definition) is 2. The molecule has 3 N–H and O–H groups in total. The van der Waals surface area contributed by atoms with Gasteiger partial charge in [-0.3, -0.25) is 0 Å². The van der Waals surface area contributed by atoms with E-state index < -0.39 is 0 Å². The molecule has 1 aliphatic rings. The van der Waals surface area contributed by atoms with Crippen LogP contribution in [0.4, 0.5) is 0 Å². The van der Waals surface area contributed by atoms with Gasteiger partial charge in [0.25, 0.3) is 0 Å². The predicted molar refractivity (Wildman–Crippen MR) is 69.1 cm³/mol. The van der Waals surface area contributed by atoms with Crippen molar-refractivity contribution in [2.24, 2.45) is 0 Å². The van der Waals surface area contributed by atoms with Gasteiger partial charge in [-0.1, -0.05) is 18.9 Å². The summed E-state index contributed by atoms with van der Waals surface area (Å²) in [6, 6.07) is 6.26. The Kier molecular flexibility index (Phi) is 2.77. The molecule has 17 heavy (non-hydrogen) atoms. The van der Waals surface area contributed by atoms with Crippen LogP contribution < -0.4 is 5.32 Å². The van der Waals surface area contributed by atoms with Gasteiger partial charge in [0.05, 0.1) is 0 Å². The zero-order valence-electron chi connectivity index (χ0n) is 9.87. The number of aromatic nitrogens is 1. The second-order valence-corrected chi connectivity index (χ2v) is 4.88. The SMILES string of the molecule is Oc1cccc2[nH]cc(CNC3CCCC3)c12. The lowest BCUT2D eigenvalue weighted by atomic mass is 10.1.